The highest BCUT2D eigenvalue weighted by Gasteiger charge is 2.25. The first-order valence-corrected chi connectivity index (χ1v) is 8.16. The van der Waals surface area contributed by atoms with Crippen LogP contribution in [0, 0.1) is 5.92 Å². The Kier molecular flexibility index (Phi) is 5.90. The van der Waals surface area contributed by atoms with Crippen molar-refractivity contribution in [2.45, 2.75) is 58.4 Å². The van der Waals surface area contributed by atoms with Gasteiger partial charge in [-0.25, -0.2) is 0 Å². The quantitative estimate of drug-likeness (QED) is 0.798. The van der Waals surface area contributed by atoms with Crippen molar-refractivity contribution in [1.82, 2.24) is 5.32 Å². The molecule has 1 N–H and O–H groups in total. The SMILES string of the molecule is CCNC1CCCC1CCOc1ccc(C(C)C)cc1. The van der Waals surface area contributed by atoms with Crippen molar-refractivity contribution in [2.24, 2.45) is 5.92 Å². The fourth-order valence-corrected chi connectivity index (χ4v) is 3.19. The van der Waals surface area contributed by atoms with Crippen molar-refractivity contribution < 1.29 is 4.74 Å². The van der Waals surface area contributed by atoms with Crippen LogP contribution in [0.2, 0.25) is 0 Å². The summed E-state index contributed by atoms with van der Waals surface area (Å²) in [6.45, 7) is 8.56. The lowest BCUT2D eigenvalue weighted by Crippen LogP contribution is -2.32. The number of ether oxygens (including phenoxy) is 1. The Bertz CT molecular complexity index is 385. The van der Waals surface area contributed by atoms with Gasteiger partial charge < -0.3 is 10.1 Å². The van der Waals surface area contributed by atoms with E-state index < -0.39 is 0 Å². The van der Waals surface area contributed by atoms with Gasteiger partial charge in [0.1, 0.15) is 5.75 Å². The molecule has 1 aromatic carbocycles. The highest BCUT2D eigenvalue weighted by molar-refractivity contribution is 5.28. The van der Waals surface area contributed by atoms with Gasteiger partial charge in [-0.3, -0.25) is 0 Å². The van der Waals surface area contributed by atoms with Crippen molar-refractivity contribution in [3.05, 3.63) is 29.8 Å². The van der Waals surface area contributed by atoms with Gasteiger partial charge in [0.2, 0.25) is 0 Å². The Morgan fingerprint density at radius 1 is 1.20 bits per heavy atom. The third kappa shape index (κ3) is 4.24. The molecule has 0 bridgehead atoms. The largest absolute Gasteiger partial charge is 0.494 e. The van der Waals surface area contributed by atoms with Crippen LogP contribution in [0.5, 0.6) is 5.75 Å². The van der Waals surface area contributed by atoms with Crippen molar-refractivity contribution in [2.75, 3.05) is 13.2 Å². The predicted molar refractivity (Wildman–Crippen MR) is 85.4 cm³/mol. The second-order valence-electron chi connectivity index (χ2n) is 6.22. The molecular weight excluding hydrogens is 246 g/mol. The molecule has 20 heavy (non-hydrogen) atoms. The van der Waals surface area contributed by atoms with E-state index in [2.05, 4.69) is 50.4 Å². The summed E-state index contributed by atoms with van der Waals surface area (Å²) in [5.74, 6) is 2.39. The van der Waals surface area contributed by atoms with Crippen molar-refractivity contribution >= 4 is 0 Å². The van der Waals surface area contributed by atoms with E-state index in [1.165, 1.54) is 31.2 Å². The first kappa shape index (κ1) is 15.4. The lowest BCUT2D eigenvalue weighted by Gasteiger charge is -2.20. The third-order valence-electron chi connectivity index (χ3n) is 4.43. The molecule has 0 aliphatic heterocycles. The van der Waals surface area contributed by atoms with E-state index >= 15 is 0 Å². The Hall–Kier alpha value is -1.02. The Balaban J connectivity index is 1.75. The molecule has 0 heterocycles. The minimum atomic E-state index is 0.586. The molecule has 1 aromatic rings. The van der Waals surface area contributed by atoms with Gasteiger partial charge in [0.05, 0.1) is 6.61 Å². The van der Waals surface area contributed by atoms with E-state index in [1.54, 1.807) is 0 Å². The fraction of sp³-hybridized carbons (Fsp3) is 0.667. The number of benzene rings is 1. The van der Waals surface area contributed by atoms with Crippen molar-refractivity contribution in [3.63, 3.8) is 0 Å². The highest BCUT2D eigenvalue weighted by Crippen LogP contribution is 2.28. The zero-order valence-electron chi connectivity index (χ0n) is 13.2. The standard InChI is InChI=1S/C18H29NO/c1-4-19-18-7-5-6-16(18)12-13-20-17-10-8-15(9-11-17)14(2)3/h8-11,14,16,18-19H,4-7,12-13H2,1-3H3. The zero-order valence-corrected chi connectivity index (χ0v) is 13.2. The Morgan fingerprint density at radius 2 is 1.95 bits per heavy atom. The number of rotatable bonds is 7. The second-order valence-corrected chi connectivity index (χ2v) is 6.22. The molecule has 2 heteroatoms. The zero-order chi connectivity index (χ0) is 14.4. The van der Waals surface area contributed by atoms with E-state index in [4.69, 9.17) is 4.74 Å². The van der Waals surface area contributed by atoms with Gasteiger partial charge in [-0.05, 0) is 55.3 Å². The smallest absolute Gasteiger partial charge is 0.119 e. The van der Waals surface area contributed by atoms with Gasteiger partial charge in [0, 0.05) is 6.04 Å². The van der Waals surface area contributed by atoms with Gasteiger partial charge in [-0.15, -0.1) is 0 Å². The summed E-state index contributed by atoms with van der Waals surface area (Å²) in [5.41, 5.74) is 1.38. The van der Waals surface area contributed by atoms with Crippen molar-refractivity contribution in [3.8, 4) is 5.75 Å². The van der Waals surface area contributed by atoms with Crippen LogP contribution in [0.1, 0.15) is 57.9 Å². The average molecular weight is 275 g/mol. The van der Waals surface area contributed by atoms with Crippen LogP contribution in [0.15, 0.2) is 24.3 Å². The maximum absolute atomic E-state index is 5.90. The summed E-state index contributed by atoms with van der Waals surface area (Å²) in [6, 6.07) is 9.28. The molecule has 0 spiro atoms. The third-order valence-corrected chi connectivity index (χ3v) is 4.43. The maximum Gasteiger partial charge on any atom is 0.119 e. The van der Waals surface area contributed by atoms with E-state index in [-0.39, 0.29) is 0 Å². The number of nitrogens with one attached hydrogen (secondary N) is 1. The molecule has 0 radical (unpaired) electrons. The molecule has 1 saturated carbocycles. The molecular formula is C18H29NO. The topological polar surface area (TPSA) is 21.3 Å². The summed E-state index contributed by atoms with van der Waals surface area (Å²) >= 11 is 0. The first-order chi connectivity index (χ1) is 9.70. The highest BCUT2D eigenvalue weighted by atomic mass is 16.5. The lowest BCUT2D eigenvalue weighted by molar-refractivity contribution is 0.261. The summed E-state index contributed by atoms with van der Waals surface area (Å²) in [5, 5.41) is 3.61. The monoisotopic (exact) mass is 275 g/mol. The fourth-order valence-electron chi connectivity index (χ4n) is 3.19. The predicted octanol–water partition coefficient (Wildman–Crippen LogP) is 4.36. The lowest BCUT2D eigenvalue weighted by atomic mass is 10.00. The Labute approximate surface area is 123 Å². The van der Waals surface area contributed by atoms with Crippen LogP contribution in [-0.4, -0.2) is 19.2 Å². The Morgan fingerprint density at radius 3 is 2.60 bits per heavy atom. The minimum Gasteiger partial charge on any atom is -0.494 e. The van der Waals surface area contributed by atoms with Gasteiger partial charge in [-0.2, -0.15) is 0 Å². The molecule has 2 atom stereocenters. The molecule has 0 amide bonds. The van der Waals surface area contributed by atoms with Crippen LogP contribution >= 0.6 is 0 Å². The molecule has 2 unspecified atom stereocenters. The molecule has 2 nitrogen and oxygen atoms in total. The normalized spacial score (nSPS) is 22.4. The summed E-state index contributed by atoms with van der Waals surface area (Å²) in [6.07, 6.45) is 5.23. The van der Waals surface area contributed by atoms with Crippen LogP contribution in [0.3, 0.4) is 0 Å². The van der Waals surface area contributed by atoms with E-state index in [0.29, 0.717) is 12.0 Å². The van der Waals surface area contributed by atoms with Crippen LogP contribution in [-0.2, 0) is 0 Å². The number of hydrogen-bond donors (Lipinski definition) is 1. The van der Waals surface area contributed by atoms with Crippen molar-refractivity contribution in [1.29, 1.82) is 0 Å². The molecule has 1 aliphatic carbocycles. The first-order valence-electron chi connectivity index (χ1n) is 8.16. The summed E-state index contributed by atoms with van der Waals surface area (Å²) in [4.78, 5) is 0. The summed E-state index contributed by atoms with van der Waals surface area (Å²) < 4.78 is 5.90. The van der Waals surface area contributed by atoms with Gasteiger partial charge in [0.15, 0.2) is 0 Å². The number of hydrogen-bond acceptors (Lipinski definition) is 2. The molecule has 0 saturated heterocycles. The molecule has 1 fully saturated rings. The molecule has 112 valence electrons. The molecule has 1 aliphatic rings. The molecule has 2 rings (SSSR count). The van der Waals surface area contributed by atoms with Gasteiger partial charge >= 0.3 is 0 Å². The summed E-state index contributed by atoms with van der Waals surface area (Å²) in [7, 11) is 0. The van der Waals surface area contributed by atoms with E-state index in [1.807, 2.05) is 0 Å². The van der Waals surface area contributed by atoms with E-state index in [0.717, 1.165) is 24.8 Å². The minimum absolute atomic E-state index is 0.586. The average Bonchev–Trinajstić information content (AvgIpc) is 2.87. The van der Waals surface area contributed by atoms with Crippen LogP contribution in [0.4, 0.5) is 0 Å². The van der Waals surface area contributed by atoms with E-state index in [9.17, 15) is 0 Å². The maximum atomic E-state index is 5.90. The van der Waals surface area contributed by atoms with Crippen LogP contribution < -0.4 is 10.1 Å². The van der Waals surface area contributed by atoms with Gasteiger partial charge in [0.25, 0.3) is 0 Å². The second kappa shape index (κ2) is 7.68. The van der Waals surface area contributed by atoms with Gasteiger partial charge in [-0.1, -0.05) is 39.3 Å². The van der Waals surface area contributed by atoms with Crippen LogP contribution in [0.25, 0.3) is 0 Å². The molecule has 0 aromatic heterocycles.